The number of aryl methyl sites for hydroxylation is 1. The van der Waals surface area contributed by atoms with Crippen molar-refractivity contribution >= 4 is 5.91 Å². The lowest BCUT2D eigenvalue weighted by Crippen LogP contribution is -2.27. The largest absolute Gasteiger partial charge is 0.393 e. The molecular formula is C12H18N2O2. The lowest BCUT2D eigenvalue weighted by atomic mass is 10.1. The predicted molar refractivity (Wildman–Crippen MR) is 62.2 cm³/mol. The molecule has 0 radical (unpaired) electrons. The molecular weight excluding hydrogens is 204 g/mol. The van der Waals surface area contributed by atoms with E-state index in [-0.39, 0.29) is 12.0 Å². The Morgan fingerprint density at radius 2 is 2.38 bits per heavy atom. The summed E-state index contributed by atoms with van der Waals surface area (Å²) in [5.74, 6) is -0.0973. The van der Waals surface area contributed by atoms with Gasteiger partial charge in [-0.2, -0.15) is 0 Å². The van der Waals surface area contributed by atoms with E-state index in [1.807, 2.05) is 6.92 Å². The van der Waals surface area contributed by atoms with Crippen molar-refractivity contribution in [1.29, 1.82) is 0 Å². The summed E-state index contributed by atoms with van der Waals surface area (Å²) >= 11 is 0. The Hall–Kier alpha value is -1.42. The van der Waals surface area contributed by atoms with Crippen LogP contribution in [-0.2, 0) is 6.42 Å². The highest BCUT2D eigenvalue weighted by atomic mass is 16.3. The highest BCUT2D eigenvalue weighted by molar-refractivity contribution is 5.95. The lowest BCUT2D eigenvalue weighted by molar-refractivity contribution is 0.0944. The van der Waals surface area contributed by atoms with Crippen molar-refractivity contribution in [2.75, 3.05) is 6.54 Å². The Morgan fingerprint density at radius 1 is 1.62 bits per heavy atom. The normalized spacial score (nSPS) is 12.2. The molecule has 0 spiro atoms. The number of aliphatic hydroxyl groups is 1. The van der Waals surface area contributed by atoms with Crippen molar-refractivity contribution in [1.82, 2.24) is 10.3 Å². The Labute approximate surface area is 95.7 Å². The van der Waals surface area contributed by atoms with Crippen molar-refractivity contribution in [3.05, 3.63) is 29.6 Å². The van der Waals surface area contributed by atoms with Gasteiger partial charge in [-0.15, -0.1) is 0 Å². The van der Waals surface area contributed by atoms with Crippen molar-refractivity contribution in [3.63, 3.8) is 0 Å². The van der Waals surface area contributed by atoms with Crippen molar-refractivity contribution in [2.24, 2.45) is 0 Å². The van der Waals surface area contributed by atoms with Crippen LogP contribution < -0.4 is 5.32 Å². The molecule has 1 unspecified atom stereocenters. The number of carbonyl (C=O) groups is 1. The van der Waals surface area contributed by atoms with Crippen molar-refractivity contribution in [3.8, 4) is 0 Å². The molecule has 0 aromatic carbocycles. The fourth-order valence-electron chi connectivity index (χ4n) is 1.42. The molecule has 0 aliphatic heterocycles. The smallest absolute Gasteiger partial charge is 0.251 e. The van der Waals surface area contributed by atoms with E-state index in [2.05, 4.69) is 10.3 Å². The molecule has 4 heteroatoms. The summed E-state index contributed by atoms with van der Waals surface area (Å²) in [6, 6.07) is 1.72. The highest BCUT2D eigenvalue weighted by Crippen LogP contribution is 2.07. The highest BCUT2D eigenvalue weighted by Gasteiger charge is 2.09. The fraction of sp³-hybridized carbons (Fsp3) is 0.500. The van der Waals surface area contributed by atoms with Crippen LogP contribution in [0.3, 0.4) is 0 Å². The van der Waals surface area contributed by atoms with Crippen LogP contribution in [0.2, 0.25) is 0 Å². The van der Waals surface area contributed by atoms with Crippen LogP contribution in [0.1, 0.15) is 36.2 Å². The van der Waals surface area contributed by atoms with Gasteiger partial charge in [0.25, 0.3) is 5.91 Å². The third-order valence-corrected chi connectivity index (χ3v) is 2.38. The fourth-order valence-corrected chi connectivity index (χ4v) is 1.42. The molecule has 1 aromatic heterocycles. The molecule has 88 valence electrons. The van der Waals surface area contributed by atoms with Crippen LogP contribution in [0.5, 0.6) is 0 Å². The number of aliphatic hydroxyl groups excluding tert-OH is 1. The van der Waals surface area contributed by atoms with Gasteiger partial charge in [0.2, 0.25) is 0 Å². The molecule has 4 nitrogen and oxygen atoms in total. The molecule has 0 fully saturated rings. The third kappa shape index (κ3) is 3.62. The number of rotatable bonds is 5. The van der Waals surface area contributed by atoms with Crippen molar-refractivity contribution in [2.45, 2.75) is 32.8 Å². The number of hydrogen-bond acceptors (Lipinski definition) is 3. The maximum Gasteiger partial charge on any atom is 0.251 e. The Bertz CT molecular complexity index is 351. The number of pyridine rings is 1. The van der Waals surface area contributed by atoms with Crippen LogP contribution in [0, 0.1) is 0 Å². The quantitative estimate of drug-likeness (QED) is 0.785. The molecule has 0 saturated carbocycles. The van der Waals surface area contributed by atoms with Crippen LogP contribution in [0.25, 0.3) is 0 Å². The first kappa shape index (κ1) is 12.6. The molecule has 1 heterocycles. The number of nitrogens with one attached hydrogen (secondary N) is 1. The molecule has 16 heavy (non-hydrogen) atoms. The third-order valence-electron chi connectivity index (χ3n) is 2.38. The second kappa shape index (κ2) is 6.23. The molecule has 0 aliphatic carbocycles. The SMILES string of the molecule is CCc1cnccc1C(=O)NCCC(C)O. The molecule has 2 N–H and O–H groups in total. The van der Waals surface area contributed by atoms with Gasteiger partial charge in [0.05, 0.1) is 6.10 Å². The Balaban J connectivity index is 2.59. The van der Waals surface area contributed by atoms with E-state index >= 15 is 0 Å². The zero-order chi connectivity index (χ0) is 12.0. The monoisotopic (exact) mass is 222 g/mol. The minimum Gasteiger partial charge on any atom is -0.393 e. The average molecular weight is 222 g/mol. The molecule has 0 aliphatic rings. The summed E-state index contributed by atoms with van der Waals surface area (Å²) in [6.45, 7) is 4.18. The van der Waals surface area contributed by atoms with Gasteiger partial charge < -0.3 is 10.4 Å². The summed E-state index contributed by atoms with van der Waals surface area (Å²) in [5, 5.41) is 11.9. The van der Waals surface area contributed by atoms with Gasteiger partial charge in [0.1, 0.15) is 0 Å². The topological polar surface area (TPSA) is 62.2 Å². The number of amides is 1. The second-order valence-electron chi connectivity index (χ2n) is 3.78. The molecule has 0 saturated heterocycles. The number of nitrogens with zero attached hydrogens (tertiary/aromatic N) is 1. The number of aromatic nitrogens is 1. The van der Waals surface area contributed by atoms with E-state index in [1.54, 1.807) is 25.4 Å². The van der Waals surface area contributed by atoms with Gasteiger partial charge in [0.15, 0.2) is 0 Å². The average Bonchev–Trinajstić information content (AvgIpc) is 2.28. The van der Waals surface area contributed by atoms with E-state index < -0.39 is 0 Å². The van der Waals surface area contributed by atoms with Gasteiger partial charge in [-0.05, 0) is 31.4 Å². The maximum atomic E-state index is 11.8. The first-order valence-corrected chi connectivity index (χ1v) is 5.54. The summed E-state index contributed by atoms with van der Waals surface area (Å²) in [7, 11) is 0. The number of carbonyl (C=O) groups excluding carboxylic acids is 1. The summed E-state index contributed by atoms with van der Waals surface area (Å²) in [6.07, 6.45) is 4.29. The van der Waals surface area contributed by atoms with Gasteiger partial charge in [0, 0.05) is 24.5 Å². The minimum absolute atomic E-state index is 0.0973. The zero-order valence-corrected chi connectivity index (χ0v) is 9.73. The van der Waals surface area contributed by atoms with E-state index in [9.17, 15) is 4.79 Å². The molecule has 1 aromatic rings. The summed E-state index contributed by atoms with van der Waals surface area (Å²) in [4.78, 5) is 15.8. The lowest BCUT2D eigenvalue weighted by Gasteiger charge is -2.09. The Kier molecular flexibility index (Phi) is 4.92. The van der Waals surface area contributed by atoms with Gasteiger partial charge >= 0.3 is 0 Å². The first-order valence-electron chi connectivity index (χ1n) is 5.54. The predicted octanol–water partition coefficient (Wildman–Crippen LogP) is 1.14. The van der Waals surface area contributed by atoms with Gasteiger partial charge in [-0.25, -0.2) is 0 Å². The van der Waals surface area contributed by atoms with Crippen LogP contribution in [-0.4, -0.2) is 28.6 Å². The van der Waals surface area contributed by atoms with Crippen LogP contribution in [0.15, 0.2) is 18.5 Å². The Morgan fingerprint density at radius 3 is 3.00 bits per heavy atom. The second-order valence-corrected chi connectivity index (χ2v) is 3.78. The molecule has 1 amide bonds. The standard InChI is InChI=1S/C12H18N2O2/c1-3-10-8-13-6-5-11(10)12(16)14-7-4-9(2)15/h5-6,8-9,15H,3-4,7H2,1-2H3,(H,14,16). The van der Waals surface area contributed by atoms with E-state index in [0.29, 0.717) is 18.5 Å². The van der Waals surface area contributed by atoms with Gasteiger partial charge in [-0.1, -0.05) is 6.92 Å². The number of hydrogen-bond donors (Lipinski definition) is 2. The molecule has 1 atom stereocenters. The first-order chi connectivity index (χ1) is 7.65. The minimum atomic E-state index is -0.386. The maximum absolute atomic E-state index is 11.8. The zero-order valence-electron chi connectivity index (χ0n) is 9.73. The van der Waals surface area contributed by atoms with E-state index in [1.165, 1.54) is 0 Å². The van der Waals surface area contributed by atoms with Crippen molar-refractivity contribution < 1.29 is 9.90 Å². The van der Waals surface area contributed by atoms with Crippen LogP contribution in [0.4, 0.5) is 0 Å². The van der Waals surface area contributed by atoms with E-state index in [0.717, 1.165) is 12.0 Å². The van der Waals surface area contributed by atoms with Crippen LogP contribution >= 0.6 is 0 Å². The summed E-state index contributed by atoms with van der Waals surface area (Å²) < 4.78 is 0. The molecule has 1 rings (SSSR count). The van der Waals surface area contributed by atoms with Gasteiger partial charge in [-0.3, -0.25) is 9.78 Å². The summed E-state index contributed by atoms with van der Waals surface area (Å²) in [5.41, 5.74) is 1.61. The van der Waals surface area contributed by atoms with E-state index in [4.69, 9.17) is 5.11 Å². The molecule has 0 bridgehead atoms.